The Labute approximate surface area is 114 Å². The van der Waals surface area contributed by atoms with E-state index >= 15 is 0 Å². The van der Waals surface area contributed by atoms with Gasteiger partial charge in [-0.2, -0.15) is 0 Å². The first-order chi connectivity index (χ1) is 9.28. The third-order valence-corrected chi connectivity index (χ3v) is 3.08. The lowest BCUT2D eigenvalue weighted by atomic mass is 10.2. The summed E-state index contributed by atoms with van der Waals surface area (Å²) in [6.07, 6.45) is 3.87. The Morgan fingerprint density at radius 1 is 1.47 bits per heavy atom. The Balaban J connectivity index is 1.56. The van der Waals surface area contributed by atoms with E-state index in [1.165, 1.54) is 12.8 Å². The molecule has 2 rings (SSSR count). The number of aliphatic hydroxyl groups excluding tert-OH is 1. The maximum absolute atomic E-state index is 9.72. The van der Waals surface area contributed by atoms with E-state index < -0.39 is 6.10 Å². The van der Waals surface area contributed by atoms with E-state index in [0.717, 1.165) is 18.1 Å². The molecule has 1 fully saturated rings. The molecule has 0 aromatic carbocycles. The maximum atomic E-state index is 9.72. The van der Waals surface area contributed by atoms with Gasteiger partial charge in [-0.25, -0.2) is 4.98 Å². The molecule has 2 N–H and O–H groups in total. The molecule has 0 aliphatic heterocycles. The minimum absolute atomic E-state index is 0.407. The summed E-state index contributed by atoms with van der Waals surface area (Å²) in [5, 5.41) is 12.9. The van der Waals surface area contributed by atoms with Crippen molar-refractivity contribution in [1.82, 2.24) is 10.3 Å². The molecule has 5 nitrogen and oxygen atoms in total. The van der Waals surface area contributed by atoms with Gasteiger partial charge in [-0.3, -0.25) is 0 Å². The van der Waals surface area contributed by atoms with E-state index in [0.29, 0.717) is 25.6 Å². The molecule has 1 aliphatic rings. The topological polar surface area (TPSA) is 63.6 Å². The Bertz CT molecular complexity index is 365. The number of nitrogens with zero attached hydrogens (tertiary/aromatic N) is 1. The molecule has 1 aromatic heterocycles. The van der Waals surface area contributed by atoms with Crippen LogP contribution < -0.4 is 10.1 Å². The first kappa shape index (κ1) is 14.2. The first-order valence-electron chi connectivity index (χ1n) is 6.73. The van der Waals surface area contributed by atoms with Gasteiger partial charge in [0.1, 0.15) is 0 Å². The van der Waals surface area contributed by atoms with E-state index in [1.54, 1.807) is 13.3 Å². The second-order valence-electron chi connectivity index (χ2n) is 4.97. The molecule has 5 heteroatoms. The minimum Gasteiger partial charge on any atom is -0.481 e. The van der Waals surface area contributed by atoms with Crippen molar-refractivity contribution < 1.29 is 14.6 Å². The molecule has 0 bridgehead atoms. The highest BCUT2D eigenvalue weighted by atomic mass is 16.5. The fraction of sp³-hybridized carbons (Fsp3) is 0.643. The van der Waals surface area contributed by atoms with Gasteiger partial charge in [0.2, 0.25) is 5.88 Å². The van der Waals surface area contributed by atoms with Crippen LogP contribution in [-0.2, 0) is 11.3 Å². The number of aliphatic hydroxyl groups is 1. The molecule has 1 heterocycles. The monoisotopic (exact) mass is 266 g/mol. The summed E-state index contributed by atoms with van der Waals surface area (Å²) in [5.74, 6) is 1.35. The van der Waals surface area contributed by atoms with Gasteiger partial charge in [-0.05, 0) is 24.3 Å². The summed E-state index contributed by atoms with van der Waals surface area (Å²) in [6.45, 7) is 2.40. The second-order valence-corrected chi connectivity index (χ2v) is 4.97. The summed E-state index contributed by atoms with van der Waals surface area (Å²) in [4.78, 5) is 4.12. The van der Waals surface area contributed by atoms with Gasteiger partial charge >= 0.3 is 0 Å². The van der Waals surface area contributed by atoms with E-state index in [1.807, 2.05) is 12.1 Å². The van der Waals surface area contributed by atoms with Gasteiger partial charge in [-0.1, -0.05) is 6.07 Å². The van der Waals surface area contributed by atoms with Crippen molar-refractivity contribution in [2.45, 2.75) is 25.5 Å². The molecule has 0 radical (unpaired) electrons. The Hall–Kier alpha value is -1.17. The van der Waals surface area contributed by atoms with Crippen LogP contribution >= 0.6 is 0 Å². The van der Waals surface area contributed by atoms with Crippen molar-refractivity contribution in [3.63, 3.8) is 0 Å². The SMILES string of the molecule is COc1ccc(CNCC(O)COCC2CC2)cn1. The van der Waals surface area contributed by atoms with Gasteiger partial charge in [0, 0.05) is 32.0 Å². The van der Waals surface area contributed by atoms with Crippen LogP contribution in [0.3, 0.4) is 0 Å². The van der Waals surface area contributed by atoms with Crippen LogP contribution in [0.2, 0.25) is 0 Å². The fourth-order valence-electron chi connectivity index (χ4n) is 1.73. The smallest absolute Gasteiger partial charge is 0.212 e. The number of nitrogens with one attached hydrogen (secondary N) is 1. The van der Waals surface area contributed by atoms with Crippen molar-refractivity contribution in [3.05, 3.63) is 23.9 Å². The molecule has 106 valence electrons. The summed E-state index contributed by atoms with van der Waals surface area (Å²) >= 11 is 0. The van der Waals surface area contributed by atoms with Gasteiger partial charge < -0.3 is 19.9 Å². The number of aromatic nitrogens is 1. The van der Waals surface area contributed by atoms with Crippen LogP contribution in [0.25, 0.3) is 0 Å². The predicted octanol–water partition coefficient (Wildman–Crippen LogP) is 0.967. The molecule has 0 saturated heterocycles. The van der Waals surface area contributed by atoms with E-state index in [4.69, 9.17) is 9.47 Å². The standard InChI is InChI=1S/C14H22N2O3/c1-18-14-5-4-12(7-16-14)6-15-8-13(17)10-19-9-11-2-3-11/h4-5,7,11,13,15,17H,2-3,6,8-10H2,1H3. The average molecular weight is 266 g/mol. The van der Waals surface area contributed by atoms with Crippen molar-refractivity contribution >= 4 is 0 Å². The lowest BCUT2D eigenvalue weighted by Gasteiger charge is -2.12. The van der Waals surface area contributed by atoms with E-state index in [9.17, 15) is 5.11 Å². The number of pyridine rings is 1. The zero-order valence-corrected chi connectivity index (χ0v) is 11.3. The molecule has 1 unspecified atom stereocenters. The van der Waals surface area contributed by atoms with Gasteiger partial charge in [0.15, 0.2) is 0 Å². The number of hydrogen-bond acceptors (Lipinski definition) is 5. The highest BCUT2D eigenvalue weighted by molar-refractivity contribution is 5.17. The van der Waals surface area contributed by atoms with E-state index in [2.05, 4.69) is 10.3 Å². The molecule has 0 amide bonds. The molecule has 19 heavy (non-hydrogen) atoms. The normalized spacial score (nSPS) is 16.3. The molecule has 1 aromatic rings. The van der Waals surface area contributed by atoms with Crippen LogP contribution in [0.1, 0.15) is 18.4 Å². The van der Waals surface area contributed by atoms with Crippen LogP contribution in [0.5, 0.6) is 5.88 Å². The lowest BCUT2D eigenvalue weighted by molar-refractivity contribution is 0.0324. The second kappa shape index (κ2) is 7.43. The quantitative estimate of drug-likeness (QED) is 0.697. The molecular formula is C14H22N2O3. The summed E-state index contributed by atoms with van der Waals surface area (Å²) < 4.78 is 10.4. The zero-order chi connectivity index (χ0) is 13.5. The fourth-order valence-corrected chi connectivity index (χ4v) is 1.73. The van der Waals surface area contributed by atoms with Crippen molar-refractivity contribution in [2.24, 2.45) is 5.92 Å². The van der Waals surface area contributed by atoms with Crippen molar-refractivity contribution in [1.29, 1.82) is 0 Å². The average Bonchev–Trinajstić information content (AvgIpc) is 3.24. The van der Waals surface area contributed by atoms with E-state index in [-0.39, 0.29) is 0 Å². The molecule has 1 aliphatic carbocycles. The van der Waals surface area contributed by atoms with Gasteiger partial charge in [-0.15, -0.1) is 0 Å². The summed E-state index contributed by atoms with van der Waals surface area (Å²) in [6, 6.07) is 3.78. The predicted molar refractivity (Wildman–Crippen MR) is 72.0 cm³/mol. The molecular weight excluding hydrogens is 244 g/mol. The summed E-state index contributed by atoms with van der Waals surface area (Å²) in [5.41, 5.74) is 1.06. The Morgan fingerprint density at radius 2 is 2.32 bits per heavy atom. The Morgan fingerprint density at radius 3 is 2.95 bits per heavy atom. The molecule has 1 atom stereocenters. The third kappa shape index (κ3) is 5.55. The maximum Gasteiger partial charge on any atom is 0.212 e. The highest BCUT2D eigenvalue weighted by Crippen LogP contribution is 2.28. The molecule has 0 spiro atoms. The van der Waals surface area contributed by atoms with Crippen molar-refractivity contribution in [2.75, 3.05) is 26.9 Å². The highest BCUT2D eigenvalue weighted by Gasteiger charge is 2.21. The zero-order valence-electron chi connectivity index (χ0n) is 11.3. The largest absolute Gasteiger partial charge is 0.481 e. The van der Waals surface area contributed by atoms with Gasteiger partial charge in [0.25, 0.3) is 0 Å². The summed E-state index contributed by atoms with van der Waals surface area (Å²) in [7, 11) is 1.60. The van der Waals surface area contributed by atoms with Gasteiger partial charge in [0.05, 0.1) is 19.8 Å². The van der Waals surface area contributed by atoms with Crippen LogP contribution in [-0.4, -0.2) is 43.1 Å². The van der Waals surface area contributed by atoms with Crippen LogP contribution in [0.4, 0.5) is 0 Å². The lowest BCUT2D eigenvalue weighted by Crippen LogP contribution is -2.30. The van der Waals surface area contributed by atoms with Crippen LogP contribution in [0.15, 0.2) is 18.3 Å². The first-order valence-corrected chi connectivity index (χ1v) is 6.73. The Kier molecular flexibility index (Phi) is 5.57. The number of ether oxygens (including phenoxy) is 2. The number of methoxy groups -OCH3 is 1. The number of hydrogen-bond donors (Lipinski definition) is 2. The van der Waals surface area contributed by atoms with Crippen LogP contribution in [0, 0.1) is 5.92 Å². The van der Waals surface area contributed by atoms with Crippen molar-refractivity contribution in [3.8, 4) is 5.88 Å². The molecule has 1 saturated carbocycles. The third-order valence-electron chi connectivity index (χ3n) is 3.08. The number of rotatable bonds is 9. The minimum atomic E-state index is -0.454.